The summed E-state index contributed by atoms with van der Waals surface area (Å²) in [6.45, 7) is 4.42. The summed E-state index contributed by atoms with van der Waals surface area (Å²) in [5.74, 6) is 0.274. The minimum atomic E-state index is -3.03. The predicted octanol–water partition coefficient (Wildman–Crippen LogP) is 1.70. The van der Waals surface area contributed by atoms with Crippen molar-refractivity contribution in [2.45, 2.75) is 26.3 Å². The van der Waals surface area contributed by atoms with E-state index in [1.165, 1.54) is 0 Å². The van der Waals surface area contributed by atoms with E-state index in [0.717, 1.165) is 11.3 Å². The fourth-order valence-corrected chi connectivity index (χ4v) is 4.18. The van der Waals surface area contributed by atoms with Crippen LogP contribution in [0.1, 0.15) is 31.9 Å². The maximum atomic E-state index is 12.1. The molecule has 116 valence electrons. The Hall–Kier alpha value is -1.56. The molecule has 1 aliphatic heterocycles. The molecule has 1 amide bonds. The normalized spacial score (nSPS) is 21.7. The van der Waals surface area contributed by atoms with Crippen LogP contribution in [0.4, 0.5) is 0 Å². The number of sulfone groups is 1. The van der Waals surface area contributed by atoms with Crippen molar-refractivity contribution >= 4 is 15.7 Å². The second-order valence-electron chi connectivity index (χ2n) is 5.33. The summed E-state index contributed by atoms with van der Waals surface area (Å²) in [6, 6.07) is 7.38. The van der Waals surface area contributed by atoms with Gasteiger partial charge < -0.3 is 10.1 Å². The summed E-state index contributed by atoms with van der Waals surface area (Å²) in [6.07, 6.45) is 0.421. The van der Waals surface area contributed by atoms with Gasteiger partial charge in [-0.1, -0.05) is 12.1 Å². The molecule has 1 aromatic rings. The highest BCUT2D eigenvalue weighted by molar-refractivity contribution is 7.91. The van der Waals surface area contributed by atoms with Gasteiger partial charge in [0.2, 0.25) is 5.91 Å². The second kappa shape index (κ2) is 6.47. The molecule has 1 heterocycles. The van der Waals surface area contributed by atoms with Gasteiger partial charge in [-0.05, 0) is 38.0 Å². The summed E-state index contributed by atoms with van der Waals surface area (Å²) >= 11 is 0. The number of ether oxygens (including phenoxy) is 1. The first kappa shape index (κ1) is 15.8. The third-order valence-electron chi connectivity index (χ3n) is 3.65. The van der Waals surface area contributed by atoms with E-state index in [-0.39, 0.29) is 23.5 Å². The Morgan fingerprint density at radius 1 is 1.38 bits per heavy atom. The van der Waals surface area contributed by atoms with E-state index < -0.39 is 15.8 Å². The Labute approximate surface area is 125 Å². The summed E-state index contributed by atoms with van der Waals surface area (Å²) in [5.41, 5.74) is 0.965. The highest BCUT2D eigenvalue weighted by atomic mass is 32.2. The first-order valence-corrected chi connectivity index (χ1v) is 8.97. The Kier molecular flexibility index (Phi) is 4.88. The molecule has 1 aromatic carbocycles. The number of carbonyl (C=O) groups is 1. The van der Waals surface area contributed by atoms with E-state index in [2.05, 4.69) is 5.32 Å². The molecule has 6 heteroatoms. The standard InChI is InChI=1S/C15H21NO4S/c1-3-20-14-6-4-12(5-7-14)11(2)16-15(17)13-8-9-21(18,19)10-13/h4-7,11,13H,3,8-10H2,1-2H3,(H,16,17)/t11-,13+/m1/s1. The van der Waals surface area contributed by atoms with Crippen molar-refractivity contribution in [1.82, 2.24) is 5.32 Å². The summed E-state index contributed by atoms with van der Waals surface area (Å²) in [5, 5.41) is 2.88. The average molecular weight is 311 g/mol. The molecule has 1 saturated heterocycles. The lowest BCUT2D eigenvalue weighted by Gasteiger charge is -2.17. The largest absolute Gasteiger partial charge is 0.494 e. The fraction of sp³-hybridized carbons (Fsp3) is 0.533. The third kappa shape index (κ3) is 4.20. The van der Waals surface area contributed by atoms with Gasteiger partial charge in [0.25, 0.3) is 0 Å². The van der Waals surface area contributed by atoms with Crippen LogP contribution in [0.25, 0.3) is 0 Å². The van der Waals surface area contributed by atoms with Gasteiger partial charge in [0.05, 0.1) is 30.1 Å². The first-order chi connectivity index (χ1) is 9.91. The van der Waals surface area contributed by atoms with Crippen LogP contribution < -0.4 is 10.1 Å². The van der Waals surface area contributed by atoms with Crippen LogP contribution in [0.2, 0.25) is 0 Å². The van der Waals surface area contributed by atoms with Crippen molar-refractivity contribution in [2.24, 2.45) is 5.92 Å². The molecule has 0 unspecified atom stereocenters. The minimum absolute atomic E-state index is 0.0329. The van der Waals surface area contributed by atoms with Gasteiger partial charge in [-0.15, -0.1) is 0 Å². The third-order valence-corrected chi connectivity index (χ3v) is 5.42. The van der Waals surface area contributed by atoms with E-state index in [9.17, 15) is 13.2 Å². The Balaban J connectivity index is 1.94. The zero-order valence-electron chi connectivity index (χ0n) is 12.3. The molecule has 5 nitrogen and oxygen atoms in total. The number of nitrogens with one attached hydrogen (secondary N) is 1. The van der Waals surface area contributed by atoms with Crippen LogP contribution in [0.5, 0.6) is 5.75 Å². The molecule has 0 spiro atoms. The van der Waals surface area contributed by atoms with Crippen LogP contribution >= 0.6 is 0 Å². The number of hydrogen-bond acceptors (Lipinski definition) is 4. The number of carbonyl (C=O) groups excluding carboxylic acids is 1. The molecule has 0 aromatic heterocycles. The van der Waals surface area contributed by atoms with Crippen LogP contribution in [-0.4, -0.2) is 32.4 Å². The Morgan fingerprint density at radius 3 is 2.57 bits per heavy atom. The molecule has 1 N–H and O–H groups in total. The average Bonchev–Trinajstić information content (AvgIpc) is 2.80. The van der Waals surface area contributed by atoms with Gasteiger partial charge in [0.1, 0.15) is 5.75 Å². The fourth-order valence-electron chi connectivity index (χ4n) is 2.44. The lowest BCUT2D eigenvalue weighted by atomic mass is 10.1. The maximum absolute atomic E-state index is 12.1. The van der Waals surface area contributed by atoms with Crippen LogP contribution in [-0.2, 0) is 14.6 Å². The van der Waals surface area contributed by atoms with Crippen molar-refractivity contribution < 1.29 is 17.9 Å². The second-order valence-corrected chi connectivity index (χ2v) is 7.56. The molecular weight excluding hydrogens is 290 g/mol. The smallest absolute Gasteiger partial charge is 0.224 e. The highest BCUT2D eigenvalue weighted by Gasteiger charge is 2.33. The number of amides is 1. The summed E-state index contributed by atoms with van der Waals surface area (Å²) in [4.78, 5) is 12.1. The van der Waals surface area contributed by atoms with Crippen LogP contribution in [0, 0.1) is 5.92 Å². The summed E-state index contributed by atoms with van der Waals surface area (Å²) < 4.78 is 28.2. The van der Waals surface area contributed by atoms with Crippen LogP contribution in [0.15, 0.2) is 24.3 Å². The first-order valence-electron chi connectivity index (χ1n) is 7.15. The predicted molar refractivity (Wildman–Crippen MR) is 80.9 cm³/mol. The van der Waals surface area contributed by atoms with Gasteiger partial charge in [-0.2, -0.15) is 0 Å². The van der Waals surface area contributed by atoms with Crippen LogP contribution in [0.3, 0.4) is 0 Å². The summed E-state index contributed by atoms with van der Waals surface area (Å²) in [7, 11) is -3.03. The molecule has 2 atom stereocenters. The van der Waals surface area contributed by atoms with Gasteiger partial charge >= 0.3 is 0 Å². The molecule has 0 aliphatic carbocycles. The monoisotopic (exact) mass is 311 g/mol. The minimum Gasteiger partial charge on any atom is -0.494 e. The number of hydrogen-bond donors (Lipinski definition) is 1. The Morgan fingerprint density at radius 2 is 2.05 bits per heavy atom. The van der Waals surface area contributed by atoms with Gasteiger partial charge in [-0.3, -0.25) is 4.79 Å². The maximum Gasteiger partial charge on any atom is 0.224 e. The van der Waals surface area contributed by atoms with Gasteiger partial charge in [-0.25, -0.2) is 8.42 Å². The van der Waals surface area contributed by atoms with Crippen molar-refractivity contribution in [3.05, 3.63) is 29.8 Å². The molecular formula is C15H21NO4S. The molecule has 0 saturated carbocycles. The molecule has 0 bridgehead atoms. The molecule has 2 rings (SSSR count). The molecule has 1 fully saturated rings. The molecule has 21 heavy (non-hydrogen) atoms. The van der Waals surface area contributed by atoms with E-state index in [4.69, 9.17) is 4.74 Å². The lowest BCUT2D eigenvalue weighted by molar-refractivity contribution is -0.124. The molecule has 1 aliphatic rings. The quantitative estimate of drug-likeness (QED) is 0.898. The topological polar surface area (TPSA) is 72.5 Å². The zero-order valence-corrected chi connectivity index (χ0v) is 13.2. The number of benzene rings is 1. The van der Waals surface area contributed by atoms with Crippen molar-refractivity contribution in [3.63, 3.8) is 0 Å². The lowest BCUT2D eigenvalue weighted by Crippen LogP contribution is -2.33. The highest BCUT2D eigenvalue weighted by Crippen LogP contribution is 2.21. The van der Waals surface area contributed by atoms with E-state index in [1.807, 2.05) is 38.1 Å². The van der Waals surface area contributed by atoms with Gasteiger partial charge in [0, 0.05) is 0 Å². The molecule has 0 radical (unpaired) electrons. The van der Waals surface area contributed by atoms with Crippen molar-refractivity contribution in [1.29, 1.82) is 0 Å². The SMILES string of the molecule is CCOc1ccc([C@@H](C)NC(=O)[C@H]2CCS(=O)(=O)C2)cc1. The Bertz CT molecular complexity index is 595. The van der Waals surface area contributed by atoms with E-state index in [1.54, 1.807) is 0 Å². The van der Waals surface area contributed by atoms with Crippen molar-refractivity contribution in [3.8, 4) is 5.75 Å². The van der Waals surface area contributed by atoms with Crippen molar-refractivity contribution in [2.75, 3.05) is 18.1 Å². The number of rotatable bonds is 5. The zero-order chi connectivity index (χ0) is 15.5. The van der Waals surface area contributed by atoms with Gasteiger partial charge in [0.15, 0.2) is 9.84 Å². The van der Waals surface area contributed by atoms with E-state index >= 15 is 0 Å². The van der Waals surface area contributed by atoms with E-state index in [0.29, 0.717) is 13.0 Å².